The van der Waals surface area contributed by atoms with E-state index in [4.69, 9.17) is 9.47 Å². The Kier molecular flexibility index (Phi) is 4.93. The standard InChI is InChI=1S/C20H17N3O3S/c1-13-6-8-21-18(11-13)23-19(24)15-3-2-7-22-20(15)27-14-4-5-16-17(12-14)26-10-9-25-16/h2-8,11-12H,9-10H2,1H3,(H,21,23,24). The van der Waals surface area contributed by atoms with Crippen LogP contribution in [0, 0.1) is 6.92 Å². The number of nitrogens with zero attached hydrogens (tertiary/aromatic N) is 2. The highest BCUT2D eigenvalue weighted by Crippen LogP contribution is 2.37. The fourth-order valence-electron chi connectivity index (χ4n) is 2.63. The molecule has 3 heterocycles. The van der Waals surface area contributed by atoms with Crippen molar-refractivity contribution in [1.29, 1.82) is 0 Å². The van der Waals surface area contributed by atoms with Crippen LogP contribution in [0.2, 0.25) is 0 Å². The van der Waals surface area contributed by atoms with Gasteiger partial charge in [0.15, 0.2) is 11.5 Å². The summed E-state index contributed by atoms with van der Waals surface area (Å²) < 4.78 is 11.2. The first kappa shape index (κ1) is 17.4. The first-order valence-electron chi connectivity index (χ1n) is 8.45. The van der Waals surface area contributed by atoms with Crippen LogP contribution in [-0.4, -0.2) is 29.1 Å². The SMILES string of the molecule is Cc1ccnc(NC(=O)c2cccnc2Sc2ccc3c(c2)OCCO3)c1. The summed E-state index contributed by atoms with van der Waals surface area (Å²) >= 11 is 1.40. The monoisotopic (exact) mass is 379 g/mol. The zero-order chi connectivity index (χ0) is 18.6. The summed E-state index contributed by atoms with van der Waals surface area (Å²) in [5, 5.41) is 3.44. The molecule has 1 amide bonds. The number of anilines is 1. The molecule has 0 fully saturated rings. The number of hydrogen-bond acceptors (Lipinski definition) is 6. The predicted molar refractivity (Wildman–Crippen MR) is 103 cm³/mol. The van der Waals surface area contributed by atoms with Crippen molar-refractivity contribution in [3.05, 3.63) is 66.0 Å². The molecule has 0 unspecified atom stereocenters. The number of carbonyl (C=O) groups is 1. The number of amides is 1. The minimum Gasteiger partial charge on any atom is -0.486 e. The van der Waals surface area contributed by atoms with Gasteiger partial charge in [-0.15, -0.1) is 0 Å². The van der Waals surface area contributed by atoms with Crippen LogP contribution in [-0.2, 0) is 0 Å². The highest BCUT2D eigenvalue weighted by molar-refractivity contribution is 7.99. The molecule has 1 aliphatic rings. The van der Waals surface area contributed by atoms with E-state index in [0.29, 0.717) is 35.4 Å². The molecule has 0 saturated heterocycles. The second kappa shape index (κ2) is 7.67. The van der Waals surface area contributed by atoms with Crippen molar-refractivity contribution in [2.24, 2.45) is 0 Å². The van der Waals surface area contributed by atoms with Gasteiger partial charge in [-0.3, -0.25) is 4.79 Å². The van der Waals surface area contributed by atoms with Crippen LogP contribution in [0.15, 0.2) is 64.8 Å². The van der Waals surface area contributed by atoms with Gasteiger partial charge in [-0.25, -0.2) is 9.97 Å². The molecule has 0 atom stereocenters. The number of pyridine rings is 2. The van der Waals surface area contributed by atoms with Gasteiger partial charge in [-0.05, 0) is 55.0 Å². The molecule has 1 aromatic carbocycles. The van der Waals surface area contributed by atoms with Gasteiger partial charge < -0.3 is 14.8 Å². The Labute approximate surface area is 161 Å². The van der Waals surface area contributed by atoms with E-state index in [-0.39, 0.29) is 5.91 Å². The van der Waals surface area contributed by atoms with Crippen molar-refractivity contribution >= 4 is 23.5 Å². The van der Waals surface area contributed by atoms with Gasteiger partial charge in [-0.2, -0.15) is 0 Å². The number of fused-ring (bicyclic) bond motifs is 1. The lowest BCUT2D eigenvalue weighted by Gasteiger charge is -2.18. The number of rotatable bonds is 4. The number of hydrogen-bond donors (Lipinski definition) is 1. The van der Waals surface area contributed by atoms with Crippen LogP contribution in [0.1, 0.15) is 15.9 Å². The molecular weight excluding hydrogens is 362 g/mol. The molecule has 0 bridgehead atoms. The van der Waals surface area contributed by atoms with E-state index >= 15 is 0 Å². The fraction of sp³-hybridized carbons (Fsp3) is 0.150. The molecule has 4 rings (SSSR count). The first-order chi connectivity index (χ1) is 13.2. The van der Waals surface area contributed by atoms with Crippen molar-refractivity contribution < 1.29 is 14.3 Å². The van der Waals surface area contributed by atoms with Crippen LogP contribution in [0.4, 0.5) is 5.82 Å². The molecule has 3 aromatic rings. The molecule has 136 valence electrons. The second-order valence-corrected chi connectivity index (χ2v) is 7.00. The number of ether oxygens (including phenoxy) is 2. The highest BCUT2D eigenvalue weighted by atomic mass is 32.2. The molecule has 0 saturated carbocycles. The Hall–Kier alpha value is -3.06. The molecule has 27 heavy (non-hydrogen) atoms. The summed E-state index contributed by atoms with van der Waals surface area (Å²) in [7, 11) is 0. The summed E-state index contributed by atoms with van der Waals surface area (Å²) in [4.78, 5) is 22.2. The number of carbonyl (C=O) groups excluding carboxylic acids is 1. The van der Waals surface area contributed by atoms with Gasteiger partial charge in [-0.1, -0.05) is 11.8 Å². The summed E-state index contributed by atoms with van der Waals surface area (Å²) in [6.45, 7) is 3.03. The minimum absolute atomic E-state index is 0.249. The van der Waals surface area contributed by atoms with E-state index in [2.05, 4.69) is 15.3 Å². The third-order valence-electron chi connectivity index (χ3n) is 3.90. The Morgan fingerprint density at radius 1 is 1.04 bits per heavy atom. The fourth-order valence-corrected chi connectivity index (χ4v) is 3.54. The van der Waals surface area contributed by atoms with Crippen molar-refractivity contribution in [1.82, 2.24) is 9.97 Å². The maximum absolute atomic E-state index is 12.7. The van der Waals surface area contributed by atoms with Crippen molar-refractivity contribution in [3.63, 3.8) is 0 Å². The van der Waals surface area contributed by atoms with E-state index in [1.54, 1.807) is 24.5 Å². The number of benzene rings is 1. The summed E-state index contributed by atoms with van der Waals surface area (Å²) in [5.74, 6) is 1.70. The molecule has 2 aromatic heterocycles. The van der Waals surface area contributed by atoms with Crippen LogP contribution in [0.25, 0.3) is 0 Å². The van der Waals surface area contributed by atoms with Crippen LogP contribution < -0.4 is 14.8 Å². The van der Waals surface area contributed by atoms with Gasteiger partial charge in [0, 0.05) is 17.3 Å². The molecule has 1 aliphatic heterocycles. The summed E-state index contributed by atoms with van der Waals surface area (Å²) in [6.07, 6.45) is 3.33. The average molecular weight is 379 g/mol. The number of nitrogens with one attached hydrogen (secondary N) is 1. The van der Waals surface area contributed by atoms with Crippen molar-refractivity contribution in [2.45, 2.75) is 16.8 Å². The molecule has 6 nitrogen and oxygen atoms in total. The predicted octanol–water partition coefficient (Wildman–Crippen LogP) is 3.96. The Morgan fingerprint density at radius 3 is 2.74 bits per heavy atom. The van der Waals surface area contributed by atoms with E-state index in [1.165, 1.54) is 11.8 Å². The maximum atomic E-state index is 12.7. The molecule has 0 radical (unpaired) electrons. The van der Waals surface area contributed by atoms with Gasteiger partial charge in [0.25, 0.3) is 5.91 Å². The van der Waals surface area contributed by atoms with E-state index in [1.807, 2.05) is 37.3 Å². The quantitative estimate of drug-likeness (QED) is 0.740. The third-order valence-corrected chi connectivity index (χ3v) is 4.91. The largest absolute Gasteiger partial charge is 0.486 e. The zero-order valence-corrected chi connectivity index (χ0v) is 15.5. The highest BCUT2D eigenvalue weighted by Gasteiger charge is 2.16. The lowest BCUT2D eigenvalue weighted by Crippen LogP contribution is -2.15. The average Bonchev–Trinajstić information content (AvgIpc) is 2.68. The van der Waals surface area contributed by atoms with E-state index in [0.717, 1.165) is 16.2 Å². The first-order valence-corrected chi connectivity index (χ1v) is 9.27. The molecule has 0 spiro atoms. The van der Waals surface area contributed by atoms with Crippen molar-refractivity contribution in [3.8, 4) is 11.5 Å². The zero-order valence-electron chi connectivity index (χ0n) is 14.6. The smallest absolute Gasteiger partial charge is 0.259 e. The Balaban J connectivity index is 1.57. The van der Waals surface area contributed by atoms with E-state index < -0.39 is 0 Å². The molecule has 1 N–H and O–H groups in total. The molecular formula is C20H17N3O3S. The van der Waals surface area contributed by atoms with Crippen LogP contribution >= 0.6 is 11.8 Å². The molecule has 7 heteroatoms. The summed E-state index contributed by atoms with van der Waals surface area (Å²) in [6, 6.07) is 12.9. The Bertz CT molecular complexity index is 994. The van der Waals surface area contributed by atoms with Gasteiger partial charge in [0.2, 0.25) is 0 Å². The van der Waals surface area contributed by atoms with Gasteiger partial charge >= 0.3 is 0 Å². The lowest BCUT2D eigenvalue weighted by atomic mass is 10.2. The van der Waals surface area contributed by atoms with Gasteiger partial charge in [0.05, 0.1) is 5.56 Å². The number of aromatic nitrogens is 2. The summed E-state index contributed by atoms with van der Waals surface area (Å²) in [5.41, 5.74) is 1.51. The second-order valence-electron chi connectivity index (χ2n) is 5.94. The van der Waals surface area contributed by atoms with E-state index in [9.17, 15) is 4.79 Å². The third kappa shape index (κ3) is 4.03. The maximum Gasteiger partial charge on any atom is 0.259 e. The minimum atomic E-state index is -0.249. The Morgan fingerprint density at radius 2 is 1.89 bits per heavy atom. The topological polar surface area (TPSA) is 73.3 Å². The lowest BCUT2D eigenvalue weighted by molar-refractivity contribution is 0.102. The normalized spacial score (nSPS) is 12.5. The van der Waals surface area contributed by atoms with Crippen LogP contribution in [0.3, 0.4) is 0 Å². The number of aryl methyl sites for hydroxylation is 1. The molecule has 0 aliphatic carbocycles. The van der Waals surface area contributed by atoms with Crippen LogP contribution in [0.5, 0.6) is 11.5 Å². The van der Waals surface area contributed by atoms with Crippen molar-refractivity contribution in [2.75, 3.05) is 18.5 Å². The van der Waals surface area contributed by atoms with Gasteiger partial charge in [0.1, 0.15) is 24.1 Å².